The Hall–Kier alpha value is -2.84. The Balaban J connectivity index is 1.28. The SMILES string of the molecule is Cc1ccc(OCC(=O)NC23CCC(NC(=O)COc4ccc(Cl)c(F)c4)(CC2)[C@@H](O)C3)cc1C. The van der Waals surface area contributed by atoms with Gasteiger partial charge in [0.1, 0.15) is 17.3 Å². The van der Waals surface area contributed by atoms with Gasteiger partial charge in [0, 0.05) is 11.6 Å². The van der Waals surface area contributed by atoms with Gasteiger partial charge in [0.2, 0.25) is 0 Å². The molecule has 35 heavy (non-hydrogen) atoms. The lowest BCUT2D eigenvalue weighted by Gasteiger charge is -2.56. The van der Waals surface area contributed by atoms with E-state index in [-0.39, 0.29) is 29.9 Å². The van der Waals surface area contributed by atoms with Gasteiger partial charge in [-0.15, -0.1) is 0 Å². The molecule has 2 amide bonds. The highest BCUT2D eigenvalue weighted by Gasteiger charge is 2.55. The van der Waals surface area contributed by atoms with Crippen molar-refractivity contribution in [2.45, 2.75) is 63.1 Å². The van der Waals surface area contributed by atoms with Gasteiger partial charge in [-0.3, -0.25) is 9.59 Å². The summed E-state index contributed by atoms with van der Waals surface area (Å²) in [4.78, 5) is 25.1. The standard InChI is InChI=1S/C26H30ClFN2O5/c1-16-3-4-18(11-17(16)2)34-14-23(32)29-25-7-9-26(10-8-25,22(31)13-25)30-24(33)15-35-19-5-6-20(27)21(28)12-19/h3-6,11-12,22,31H,7-10,13-15H2,1-2H3,(H,29,32)(H,30,33)/t22-,25?,26?/m0/s1. The van der Waals surface area contributed by atoms with Gasteiger partial charge >= 0.3 is 0 Å². The predicted octanol–water partition coefficient (Wildman–Crippen LogP) is 3.60. The van der Waals surface area contributed by atoms with E-state index in [9.17, 15) is 19.1 Å². The summed E-state index contributed by atoms with van der Waals surface area (Å²) in [5.41, 5.74) is 0.953. The van der Waals surface area contributed by atoms with Crippen LogP contribution in [0.2, 0.25) is 5.02 Å². The molecular formula is C26H30ClFN2O5. The normalized spacial score (nSPS) is 25.1. The number of carbonyl (C=O) groups excluding carboxylic acids is 2. The van der Waals surface area contributed by atoms with Gasteiger partial charge in [-0.2, -0.15) is 0 Å². The molecule has 7 nitrogen and oxygen atoms in total. The van der Waals surface area contributed by atoms with E-state index in [0.717, 1.165) is 17.2 Å². The van der Waals surface area contributed by atoms with E-state index < -0.39 is 28.9 Å². The van der Waals surface area contributed by atoms with E-state index in [1.165, 1.54) is 12.1 Å². The topological polar surface area (TPSA) is 96.9 Å². The molecule has 3 aliphatic carbocycles. The van der Waals surface area contributed by atoms with Gasteiger partial charge in [-0.05, 0) is 81.3 Å². The first kappa shape index (κ1) is 25.3. The quantitative estimate of drug-likeness (QED) is 0.510. The third kappa shape index (κ3) is 5.70. The van der Waals surface area contributed by atoms with Crippen molar-refractivity contribution < 1.29 is 28.6 Å². The van der Waals surface area contributed by atoms with Crippen LogP contribution in [0.1, 0.15) is 43.2 Å². The van der Waals surface area contributed by atoms with Crippen molar-refractivity contribution in [1.82, 2.24) is 10.6 Å². The molecule has 0 spiro atoms. The number of halogens is 2. The molecule has 0 radical (unpaired) electrons. The summed E-state index contributed by atoms with van der Waals surface area (Å²) in [6, 6.07) is 9.64. The Bertz CT molecular complexity index is 1120. The van der Waals surface area contributed by atoms with Crippen LogP contribution < -0.4 is 20.1 Å². The molecule has 3 N–H and O–H groups in total. The van der Waals surface area contributed by atoms with E-state index in [2.05, 4.69) is 10.6 Å². The van der Waals surface area contributed by atoms with Gasteiger partial charge in [0.25, 0.3) is 11.8 Å². The van der Waals surface area contributed by atoms with Crippen molar-refractivity contribution in [3.05, 3.63) is 58.4 Å². The van der Waals surface area contributed by atoms with Crippen LogP contribution in [0.25, 0.3) is 0 Å². The minimum atomic E-state index is -0.817. The number of benzene rings is 2. The average molecular weight is 505 g/mol. The van der Waals surface area contributed by atoms with E-state index in [0.29, 0.717) is 37.9 Å². The molecule has 2 aromatic carbocycles. The molecule has 0 saturated heterocycles. The summed E-state index contributed by atoms with van der Waals surface area (Å²) in [5.74, 6) is -0.441. The van der Waals surface area contributed by atoms with Gasteiger partial charge in [-0.1, -0.05) is 17.7 Å². The number of carbonyl (C=O) groups is 2. The molecule has 2 aromatic rings. The van der Waals surface area contributed by atoms with Crippen LogP contribution in [0, 0.1) is 19.7 Å². The smallest absolute Gasteiger partial charge is 0.258 e. The number of ether oxygens (including phenoxy) is 2. The van der Waals surface area contributed by atoms with E-state index in [4.69, 9.17) is 21.1 Å². The maximum Gasteiger partial charge on any atom is 0.258 e. The predicted molar refractivity (Wildman–Crippen MR) is 129 cm³/mol. The summed E-state index contributed by atoms with van der Waals surface area (Å²) < 4.78 is 24.6. The van der Waals surface area contributed by atoms with Crippen LogP contribution in [0.15, 0.2) is 36.4 Å². The number of rotatable bonds is 8. The number of hydrogen-bond donors (Lipinski definition) is 3. The summed E-state index contributed by atoms with van der Waals surface area (Å²) in [5, 5.41) is 16.9. The number of amides is 2. The first-order chi connectivity index (χ1) is 16.6. The van der Waals surface area contributed by atoms with Crippen molar-refractivity contribution in [2.75, 3.05) is 13.2 Å². The Morgan fingerprint density at radius 1 is 0.971 bits per heavy atom. The van der Waals surface area contributed by atoms with Crippen molar-refractivity contribution >= 4 is 23.4 Å². The zero-order valence-electron chi connectivity index (χ0n) is 19.8. The molecule has 0 aliphatic heterocycles. The van der Waals surface area contributed by atoms with Crippen LogP contribution >= 0.6 is 11.6 Å². The highest BCUT2D eigenvalue weighted by atomic mass is 35.5. The fourth-order valence-electron chi connectivity index (χ4n) is 4.98. The molecule has 0 heterocycles. The Morgan fingerprint density at radius 2 is 1.57 bits per heavy atom. The van der Waals surface area contributed by atoms with Crippen LogP contribution in [0.5, 0.6) is 11.5 Å². The first-order valence-electron chi connectivity index (χ1n) is 11.7. The molecule has 0 aromatic heterocycles. The lowest BCUT2D eigenvalue weighted by molar-refractivity contribution is -0.137. The Labute approximate surface area is 208 Å². The van der Waals surface area contributed by atoms with Gasteiger partial charge in [-0.25, -0.2) is 4.39 Å². The average Bonchev–Trinajstić information content (AvgIpc) is 2.82. The molecule has 5 rings (SSSR count). The van der Waals surface area contributed by atoms with Crippen LogP contribution in [-0.4, -0.2) is 47.3 Å². The van der Waals surface area contributed by atoms with Crippen molar-refractivity contribution in [3.63, 3.8) is 0 Å². The third-order valence-corrected chi connectivity index (χ3v) is 7.53. The number of fused-ring (bicyclic) bond motifs is 3. The fourth-order valence-corrected chi connectivity index (χ4v) is 5.09. The summed E-state index contributed by atoms with van der Waals surface area (Å²) in [6.45, 7) is 3.58. The number of aliphatic hydroxyl groups excluding tert-OH is 1. The lowest BCUT2D eigenvalue weighted by Crippen LogP contribution is -2.70. The summed E-state index contributed by atoms with van der Waals surface area (Å²) >= 11 is 5.66. The second kappa shape index (κ2) is 10.0. The van der Waals surface area contributed by atoms with Gasteiger partial charge in [0.15, 0.2) is 13.2 Å². The molecular weight excluding hydrogens is 475 g/mol. The minimum absolute atomic E-state index is 0.0272. The number of aryl methyl sites for hydroxylation is 2. The molecule has 3 fully saturated rings. The molecule has 9 heteroatoms. The maximum atomic E-state index is 13.6. The fraction of sp³-hybridized carbons (Fsp3) is 0.462. The number of nitrogens with one attached hydrogen (secondary N) is 2. The van der Waals surface area contributed by atoms with Gasteiger partial charge < -0.3 is 25.2 Å². The van der Waals surface area contributed by atoms with Crippen LogP contribution in [0.3, 0.4) is 0 Å². The second-order valence-corrected chi connectivity index (χ2v) is 10.1. The highest BCUT2D eigenvalue weighted by Crippen LogP contribution is 2.47. The zero-order valence-corrected chi connectivity index (χ0v) is 20.6. The zero-order chi connectivity index (χ0) is 25.2. The molecule has 3 aliphatic rings. The van der Waals surface area contributed by atoms with E-state index in [1.54, 1.807) is 0 Å². The Morgan fingerprint density at radius 3 is 2.17 bits per heavy atom. The van der Waals surface area contributed by atoms with Gasteiger partial charge in [0.05, 0.1) is 16.7 Å². The molecule has 188 valence electrons. The molecule has 3 saturated carbocycles. The summed E-state index contributed by atoms with van der Waals surface area (Å²) in [6.07, 6.45) is 1.82. The molecule has 0 unspecified atom stereocenters. The van der Waals surface area contributed by atoms with Crippen LogP contribution in [-0.2, 0) is 9.59 Å². The minimum Gasteiger partial charge on any atom is -0.484 e. The van der Waals surface area contributed by atoms with Crippen LogP contribution in [0.4, 0.5) is 4.39 Å². The number of hydrogen-bond acceptors (Lipinski definition) is 5. The molecule has 1 atom stereocenters. The monoisotopic (exact) mass is 504 g/mol. The van der Waals surface area contributed by atoms with E-state index in [1.807, 2.05) is 32.0 Å². The van der Waals surface area contributed by atoms with Crippen molar-refractivity contribution in [1.29, 1.82) is 0 Å². The largest absolute Gasteiger partial charge is 0.484 e. The lowest BCUT2D eigenvalue weighted by atomic mass is 9.60. The van der Waals surface area contributed by atoms with E-state index >= 15 is 0 Å². The van der Waals surface area contributed by atoms with Crippen molar-refractivity contribution in [2.24, 2.45) is 0 Å². The first-order valence-corrected chi connectivity index (χ1v) is 12.1. The highest BCUT2D eigenvalue weighted by molar-refractivity contribution is 6.30. The van der Waals surface area contributed by atoms with Crippen molar-refractivity contribution in [3.8, 4) is 11.5 Å². The maximum absolute atomic E-state index is 13.6. The summed E-state index contributed by atoms with van der Waals surface area (Å²) in [7, 11) is 0. The Kier molecular flexibility index (Phi) is 7.24. The third-order valence-electron chi connectivity index (χ3n) is 7.22. The second-order valence-electron chi connectivity index (χ2n) is 9.65. The number of aliphatic hydroxyl groups is 1. The molecule has 2 bridgehead atoms.